The van der Waals surface area contributed by atoms with Gasteiger partial charge in [0.05, 0.1) is 6.10 Å². The first-order valence-electron chi connectivity index (χ1n) is 6.06. The summed E-state index contributed by atoms with van der Waals surface area (Å²) in [6.07, 6.45) is 6.14. The van der Waals surface area contributed by atoms with E-state index in [0.29, 0.717) is 11.3 Å². The van der Waals surface area contributed by atoms with E-state index in [9.17, 15) is 5.11 Å². The van der Waals surface area contributed by atoms with Crippen LogP contribution in [0.1, 0.15) is 59.8 Å². The summed E-state index contributed by atoms with van der Waals surface area (Å²) in [5, 5.41) is 9.62. The Morgan fingerprint density at radius 2 is 1.86 bits per heavy atom. The largest absolute Gasteiger partial charge is 0.393 e. The van der Waals surface area contributed by atoms with Crippen molar-refractivity contribution in [2.24, 2.45) is 17.3 Å². The molecule has 0 radical (unpaired) electrons. The number of hydrogen-bond acceptors (Lipinski definition) is 1. The molecule has 0 bridgehead atoms. The Morgan fingerprint density at radius 3 is 2.36 bits per heavy atom. The van der Waals surface area contributed by atoms with E-state index in [1.807, 2.05) is 0 Å². The van der Waals surface area contributed by atoms with Gasteiger partial charge >= 0.3 is 0 Å². The van der Waals surface area contributed by atoms with Gasteiger partial charge in [0.15, 0.2) is 0 Å². The molecule has 0 aliphatic heterocycles. The van der Waals surface area contributed by atoms with Gasteiger partial charge in [0.1, 0.15) is 0 Å². The Kier molecular flexibility index (Phi) is 4.00. The summed E-state index contributed by atoms with van der Waals surface area (Å²) in [7, 11) is 0. The molecule has 0 heterocycles. The molecule has 1 N–H and O–H groups in total. The lowest BCUT2D eigenvalue weighted by Gasteiger charge is -2.32. The highest BCUT2D eigenvalue weighted by Crippen LogP contribution is 2.34. The maximum atomic E-state index is 9.62. The standard InChI is InChI=1S/C13H26O/c1-10-9-11(5-6-12(10)14)7-8-13(2,3)4/h10-12,14H,5-9H2,1-4H3. The predicted octanol–water partition coefficient (Wildman–Crippen LogP) is 3.61. The van der Waals surface area contributed by atoms with Gasteiger partial charge in [-0.1, -0.05) is 27.7 Å². The molecule has 3 atom stereocenters. The third kappa shape index (κ3) is 4.00. The zero-order chi connectivity index (χ0) is 10.8. The molecule has 0 aromatic heterocycles. The van der Waals surface area contributed by atoms with Crippen LogP contribution >= 0.6 is 0 Å². The molecule has 1 aliphatic rings. The van der Waals surface area contributed by atoms with Crippen LogP contribution in [-0.4, -0.2) is 11.2 Å². The van der Waals surface area contributed by atoms with E-state index in [0.717, 1.165) is 12.3 Å². The van der Waals surface area contributed by atoms with Crippen molar-refractivity contribution in [2.75, 3.05) is 0 Å². The third-order valence-electron chi connectivity index (χ3n) is 3.54. The molecular weight excluding hydrogens is 172 g/mol. The summed E-state index contributed by atoms with van der Waals surface area (Å²) in [6.45, 7) is 9.13. The minimum absolute atomic E-state index is 0.0270. The Morgan fingerprint density at radius 1 is 1.21 bits per heavy atom. The lowest BCUT2D eigenvalue weighted by molar-refractivity contribution is 0.0528. The van der Waals surface area contributed by atoms with Crippen LogP contribution < -0.4 is 0 Å². The maximum Gasteiger partial charge on any atom is 0.0566 e. The summed E-state index contributed by atoms with van der Waals surface area (Å²) in [6, 6.07) is 0. The van der Waals surface area contributed by atoms with E-state index in [-0.39, 0.29) is 6.10 Å². The Balaban J connectivity index is 2.27. The van der Waals surface area contributed by atoms with Crippen molar-refractivity contribution in [2.45, 2.75) is 65.9 Å². The van der Waals surface area contributed by atoms with E-state index in [1.54, 1.807) is 0 Å². The molecule has 1 fully saturated rings. The Labute approximate surface area is 88.9 Å². The molecule has 84 valence electrons. The summed E-state index contributed by atoms with van der Waals surface area (Å²) >= 11 is 0. The highest BCUT2D eigenvalue weighted by Gasteiger charge is 2.26. The van der Waals surface area contributed by atoms with Crippen LogP contribution in [0.3, 0.4) is 0 Å². The van der Waals surface area contributed by atoms with Crippen LogP contribution in [0, 0.1) is 17.3 Å². The van der Waals surface area contributed by atoms with Gasteiger partial charge < -0.3 is 5.11 Å². The fourth-order valence-electron chi connectivity index (χ4n) is 2.39. The molecule has 1 heteroatoms. The highest BCUT2D eigenvalue weighted by atomic mass is 16.3. The quantitative estimate of drug-likeness (QED) is 0.718. The van der Waals surface area contributed by atoms with E-state index in [4.69, 9.17) is 0 Å². The van der Waals surface area contributed by atoms with Crippen LogP contribution in [0.2, 0.25) is 0 Å². The molecule has 0 amide bonds. The van der Waals surface area contributed by atoms with Gasteiger partial charge in [-0.15, -0.1) is 0 Å². The molecule has 1 saturated carbocycles. The van der Waals surface area contributed by atoms with Crippen LogP contribution in [0.5, 0.6) is 0 Å². The minimum Gasteiger partial charge on any atom is -0.393 e. The zero-order valence-corrected chi connectivity index (χ0v) is 10.2. The van der Waals surface area contributed by atoms with Crippen molar-refractivity contribution < 1.29 is 5.11 Å². The summed E-state index contributed by atoms with van der Waals surface area (Å²) in [5.41, 5.74) is 0.472. The normalized spacial score (nSPS) is 34.5. The zero-order valence-electron chi connectivity index (χ0n) is 10.2. The van der Waals surface area contributed by atoms with E-state index in [2.05, 4.69) is 27.7 Å². The smallest absolute Gasteiger partial charge is 0.0566 e. The van der Waals surface area contributed by atoms with Crippen molar-refractivity contribution >= 4 is 0 Å². The number of aliphatic hydroxyl groups excluding tert-OH is 1. The Hall–Kier alpha value is -0.0400. The van der Waals surface area contributed by atoms with E-state index in [1.165, 1.54) is 25.7 Å². The number of hydrogen-bond donors (Lipinski definition) is 1. The van der Waals surface area contributed by atoms with Crippen LogP contribution in [0.4, 0.5) is 0 Å². The molecule has 0 aromatic carbocycles. The Bertz CT molecular complexity index is 169. The van der Waals surface area contributed by atoms with E-state index >= 15 is 0 Å². The molecular formula is C13H26O. The van der Waals surface area contributed by atoms with Crippen molar-refractivity contribution in [3.8, 4) is 0 Å². The molecule has 1 nitrogen and oxygen atoms in total. The molecule has 0 aromatic rings. The van der Waals surface area contributed by atoms with Gasteiger partial charge in [0.2, 0.25) is 0 Å². The van der Waals surface area contributed by atoms with Crippen molar-refractivity contribution in [3.05, 3.63) is 0 Å². The van der Waals surface area contributed by atoms with Crippen LogP contribution in [0.15, 0.2) is 0 Å². The SMILES string of the molecule is CC1CC(CCC(C)(C)C)CCC1O. The van der Waals surface area contributed by atoms with Crippen molar-refractivity contribution in [1.29, 1.82) is 0 Å². The highest BCUT2D eigenvalue weighted by molar-refractivity contribution is 4.78. The molecule has 3 unspecified atom stereocenters. The molecule has 14 heavy (non-hydrogen) atoms. The van der Waals surface area contributed by atoms with Gasteiger partial charge in [-0.2, -0.15) is 0 Å². The monoisotopic (exact) mass is 198 g/mol. The molecule has 0 spiro atoms. The van der Waals surface area contributed by atoms with E-state index < -0.39 is 0 Å². The molecule has 0 saturated heterocycles. The first-order valence-corrected chi connectivity index (χ1v) is 6.06. The summed E-state index contributed by atoms with van der Waals surface area (Å²) in [5.74, 6) is 1.39. The molecule has 1 rings (SSSR count). The van der Waals surface area contributed by atoms with Gasteiger partial charge in [-0.05, 0) is 49.4 Å². The second kappa shape index (κ2) is 4.65. The average Bonchev–Trinajstić information content (AvgIpc) is 2.06. The number of rotatable bonds is 2. The second-order valence-corrected chi connectivity index (χ2v) is 6.32. The fraction of sp³-hybridized carbons (Fsp3) is 1.00. The minimum atomic E-state index is -0.0270. The van der Waals surface area contributed by atoms with Gasteiger partial charge in [-0.25, -0.2) is 0 Å². The van der Waals surface area contributed by atoms with Gasteiger partial charge in [0, 0.05) is 0 Å². The summed E-state index contributed by atoms with van der Waals surface area (Å²) in [4.78, 5) is 0. The fourth-order valence-corrected chi connectivity index (χ4v) is 2.39. The lowest BCUT2D eigenvalue weighted by Crippen LogP contribution is -2.27. The third-order valence-corrected chi connectivity index (χ3v) is 3.54. The lowest BCUT2D eigenvalue weighted by atomic mass is 9.76. The van der Waals surface area contributed by atoms with Crippen LogP contribution in [-0.2, 0) is 0 Å². The summed E-state index contributed by atoms with van der Waals surface area (Å²) < 4.78 is 0. The van der Waals surface area contributed by atoms with Crippen molar-refractivity contribution in [3.63, 3.8) is 0 Å². The van der Waals surface area contributed by atoms with Gasteiger partial charge in [-0.3, -0.25) is 0 Å². The maximum absolute atomic E-state index is 9.62. The second-order valence-electron chi connectivity index (χ2n) is 6.32. The topological polar surface area (TPSA) is 20.2 Å². The van der Waals surface area contributed by atoms with Crippen LogP contribution in [0.25, 0.3) is 0 Å². The average molecular weight is 198 g/mol. The first kappa shape index (κ1) is 12.0. The predicted molar refractivity (Wildman–Crippen MR) is 61.2 cm³/mol. The molecule has 1 aliphatic carbocycles. The van der Waals surface area contributed by atoms with Crippen molar-refractivity contribution in [1.82, 2.24) is 0 Å². The van der Waals surface area contributed by atoms with Gasteiger partial charge in [0.25, 0.3) is 0 Å². The number of aliphatic hydroxyl groups is 1. The first-order chi connectivity index (χ1) is 6.38.